The number of pyridine rings is 1. The van der Waals surface area contributed by atoms with Crippen molar-refractivity contribution in [2.45, 2.75) is 37.7 Å². The lowest BCUT2D eigenvalue weighted by Crippen LogP contribution is -2.34. The van der Waals surface area contributed by atoms with Crippen LogP contribution in [0.1, 0.15) is 31.7 Å². The van der Waals surface area contributed by atoms with Gasteiger partial charge in [-0.3, -0.25) is 9.29 Å². The Bertz CT molecular complexity index is 1270. The highest BCUT2D eigenvalue weighted by atomic mass is 35.5. The molecular formula is C22H28ClN7O5S. The lowest BCUT2D eigenvalue weighted by Gasteiger charge is -2.25. The maximum Gasteiger partial charge on any atom is 0.240 e. The zero-order chi connectivity index (χ0) is 25.7. The Morgan fingerprint density at radius 1 is 1.25 bits per heavy atom. The third-order valence-electron chi connectivity index (χ3n) is 5.91. The van der Waals surface area contributed by atoms with Crippen molar-refractivity contribution in [2.75, 3.05) is 32.2 Å². The van der Waals surface area contributed by atoms with Gasteiger partial charge in [0.05, 0.1) is 18.7 Å². The molecule has 12 nitrogen and oxygen atoms in total. The van der Waals surface area contributed by atoms with Gasteiger partial charge in [0, 0.05) is 44.6 Å². The Hall–Kier alpha value is -2.87. The molecule has 1 aliphatic heterocycles. The summed E-state index contributed by atoms with van der Waals surface area (Å²) >= 11 is 5.87. The van der Waals surface area contributed by atoms with E-state index >= 15 is 0 Å². The second-order valence-corrected chi connectivity index (χ2v) is 10.8. The number of methoxy groups -OCH3 is 2. The zero-order valence-electron chi connectivity index (χ0n) is 20.2. The molecule has 3 aromatic heterocycles. The molecule has 1 saturated heterocycles. The van der Waals surface area contributed by atoms with Gasteiger partial charge in [0.2, 0.25) is 21.9 Å². The van der Waals surface area contributed by atoms with Crippen molar-refractivity contribution in [3.05, 3.63) is 41.4 Å². The van der Waals surface area contributed by atoms with E-state index in [1.807, 2.05) is 0 Å². The molecular weight excluding hydrogens is 510 g/mol. The van der Waals surface area contributed by atoms with Crippen molar-refractivity contribution >= 4 is 27.6 Å². The van der Waals surface area contributed by atoms with Crippen LogP contribution in [0, 0.1) is 5.92 Å². The molecule has 4 heterocycles. The van der Waals surface area contributed by atoms with E-state index in [1.54, 1.807) is 22.8 Å². The Morgan fingerprint density at radius 2 is 2.03 bits per heavy atom. The largest absolute Gasteiger partial charge is 0.481 e. The normalized spacial score (nSPS) is 17.9. The SMILES string of the molecule is COc1cccc(-c2nnc(NS(=O)(=O)C(C)C(OC)c3ncc(Cl)cn3)n2C[C@H]2CCCOC2)n1. The first-order valence-electron chi connectivity index (χ1n) is 11.4. The molecule has 0 spiro atoms. The van der Waals surface area contributed by atoms with Crippen LogP contribution >= 0.6 is 11.6 Å². The first kappa shape index (κ1) is 26.2. The maximum absolute atomic E-state index is 13.4. The lowest BCUT2D eigenvalue weighted by molar-refractivity contribution is 0.0487. The molecule has 0 aliphatic carbocycles. The van der Waals surface area contributed by atoms with Crippen molar-refractivity contribution in [1.29, 1.82) is 0 Å². The minimum absolute atomic E-state index is 0.0684. The minimum atomic E-state index is -4.02. The number of anilines is 1. The fraction of sp³-hybridized carbons (Fsp3) is 0.500. The third kappa shape index (κ3) is 5.91. The summed E-state index contributed by atoms with van der Waals surface area (Å²) in [6, 6.07) is 5.26. The summed E-state index contributed by atoms with van der Waals surface area (Å²) in [5.74, 6) is 1.24. The van der Waals surface area contributed by atoms with E-state index in [9.17, 15) is 8.42 Å². The molecule has 0 saturated carbocycles. The summed E-state index contributed by atoms with van der Waals surface area (Å²) in [4.78, 5) is 12.7. The molecule has 36 heavy (non-hydrogen) atoms. The molecule has 1 aliphatic rings. The summed E-state index contributed by atoms with van der Waals surface area (Å²) in [7, 11) is -1.10. The number of hydrogen-bond donors (Lipinski definition) is 1. The number of aromatic nitrogens is 6. The van der Waals surface area contributed by atoms with Crippen LogP contribution in [0.3, 0.4) is 0 Å². The summed E-state index contributed by atoms with van der Waals surface area (Å²) in [6.45, 7) is 3.23. The first-order valence-corrected chi connectivity index (χ1v) is 13.3. The Balaban J connectivity index is 1.66. The average Bonchev–Trinajstić information content (AvgIpc) is 3.27. The third-order valence-corrected chi connectivity index (χ3v) is 7.79. The van der Waals surface area contributed by atoms with Crippen molar-refractivity contribution in [1.82, 2.24) is 29.7 Å². The molecule has 0 amide bonds. The van der Waals surface area contributed by atoms with Crippen molar-refractivity contribution in [2.24, 2.45) is 5.92 Å². The highest BCUT2D eigenvalue weighted by molar-refractivity contribution is 7.93. The van der Waals surface area contributed by atoms with Gasteiger partial charge < -0.3 is 14.2 Å². The van der Waals surface area contributed by atoms with Crippen LogP contribution in [0.15, 0.2) is 30.6 Å². The average molecular weight is 538 g/mol. The van der Waals surface area contributed by atoms with Gasteiger partial charge in [0.15, 0.2) is 11.6 Å². The summed E-state index contributed by atoms with van der Waals surface area (Å²) in [5.41, 5.74) is 0.501. The summed E-state index contributed by atoms with van der Waals surface area (Å²) in [5, 5.41) is 7.69. The van der Waals surface area contributed by atoms with E-state index in [0.29, 0.717) is 42.2 Å². The number of nitrogens with one attached hydrogen (secondary N) is 1. The Morgan fingerprint density at radius 3 is 2.69 bits per heavy atom. The van der Waals surface area contributed by atoms with Gasteiger partial charge in [-0.05, 0) is 25.8 Å². The van der Waals surface area contributed by atoms with E-state index in [-0.39, 0.29) is 17.7 Å². The number of ether oxygens (including phenoxy) is 3. The van der Waals surface area contributed by atoms with Crippen LogP contribution < -0.4 is 9.46 Å². The van der Waals surface area contributed by atoms with Crippen LogP contribution in [0.5, 0.6) is 5.88 Å². The number of nitrogens with zero attached hydrogens (tertiary/aromatic N) is 6. The Kier molecular flexibility index (Phi) is 8.34. The quantitative estimate of drug-likeness (QED) is 0.410. The standard InChI is InChI=1S/C22H28ClN7O5S/c1-14(19(34-3)20-24-10-16(23)11-25-20)36(31,32)29-22-28-27-21(17-7-4-8-18(26-17)33-2)30(22)12-15-6-5-9-35-13-15/h4,7-8,10-11,14-15,19H,5-6,9,12-13H2,1-3H3,(H,28,29)/t14?,15-,19?/m1/s1. The number of rotatable bonds is 10. The van der Waals surface area contributed by atoms with E-state index in [0.717, 1.165) is 12.8 Å². The maximum atomic E-state index is 13.4. The lowest BCUT2D eigenvalue weighted by atomic mass is 10.0. The van der Waals surface area contributed by atoms with Gasteiger partial charge in [0.1, 0.15) is 17.0 Å². The molecule has 3 atom stereocenters. The topological polar surface area (TPSA) is 143 Å². The monoisotopic (exact) mass is 537 g/mol. The molecule has 194 valence electrons. The highest BCUT2D eigenvalue weighted by Gasteiger charge is 2.34. The number of hydrogen-bond acceptors (Lipinski definition) is 10. The second-order valence-electron chi connectivity index (χ2n) is 8.37. The van der Waals surface area contributed by atoms with Crippen LogP contribution in [0.4, 0.5) is 5.95 Å². The van der Waals surface area contributed by atoms with Gasteiger partial charge in [-0.15, -0.1) is 10.2 Å². The van der Waals surface area contributed by atoms with Gasteiger partial charge in [-0.1, -0.05) is 17.7 Å². The van der Waals surface area contributed by atoms with Gasteiger partial charge >= 0.3 is 0 Å². The van der Waals surface area contributed by atoms with Crippen molar-refractivity contribution < 1.29 is 22.6 Å². The van der Waals surface area contributed by atoms with Crippen molar-refractivity contribution in [3.8, 4) is 17.4 Å². The predicted molar refractivity (Wildman–Crippen MR) is 132 cm³/mol. The number of halogens is 1. The summed E-state index contributed by atoms with van der Waals surface area (Å²) < 4.78 is 47.4. The molecule has 3 aromatic rings. The van der Waals surface area contributed by atoms with E-state index in [1.165, 1.54) is 33.5 Å². The van der Waals surface area contributed by atoms with E-state index in [2.05, 4.69) is 29.9 Å². The van der Waals surface area contributed by atoms with Crippen LogP contribution in [-0.2, 0) is 26.0 Å². The smallest absolute Gasteiger partial charge is 0.240 e. The van der Waals surface area contributed by atoms with Gasteiger partial charge in [0.25, 0.3) is 0 Å². The molecule has 0 bridgehead atoms. The number of sulfonamides is 1. The van der Waals surface area contributed by atoms with E-state index < -0.39 is 21.4 Å². The van der Waals surface area contributed by atoms with E-state index in [4.69, 9.17) is 25.8 Å². The fourth-order valence-corrected chi connectivity index (χ4v) is 5.21. The van der Waals surface area contributed by atoms with Crippen LogP contribution in [0.2, 0.25) is 5.02 Å². The Labute approximate surface area is 214 Å². The van der Waals surface area contributed by atoms with Crippen LogP contribution in [-0.4, -0.2) is 70.8 Å². The van der Waals surface area contributed by atoms with Gasteiger partial charge in [-0.2, -0.15) is 0 Å². The molecule has 14 heteroatoms. The molecule has 0 radical (unpaired) electrons. The van der Waals surface area contributed by atoms with Crippen molar-refractivity contribution in [3.63, 3.8) is 0 Å². The van der Waals surface area contributed by atoms with Crippen LogP contribution in [0.25, 0.3) is 11.5 Å². The summed E-state index contributed by atoms with van der Waals surface area (Å²) in [6.07, 6.45) is 3.69. The second kappa shape index (κ2) is 11.5. The fourth-order valence-electron chi connectivity index (χ4n) is 3.96. The molecule has 1 N–H and O–H groups in total. The van der Waals surface area contributed by atoms with Gasteiger partial charge in [-0.25, -0.2) is 23.4 Å². The molecule has 0 aromatic carbocycles. The predicted octanol–water partition coefficient (Wildman–Crippen LogP) is 2.74. The molecule has 1 fully saturated rings. The molecule has 4 rings (SSSR count). The highest BCUT2D eigenvalue weighted by Crippen LogP contribution is 2.28. The zero-order valence-corrected chi connectivity index (χ0v) is 21.7. The molecule has 2 unspecified atom stereocenters. The minimum Gasteiger partial charge on any atom is -0.481 e. The first-order chi connectivity index (χ1) is 17.3.